The third-order valence-corrected chi connectivity index (χ3v) is 5.47. The molecular formula is C24H22O6. The van der Waals surface area contributed by atoms with Crippen LogP contribution in [0.4, 0.5) is 0 Å². The zero-order valence-corrected chi connectivity index (χ0v) is 17.8. The first-order valence-corrected chi connectivity index (χ1v) is 9.69. The molecule has 0 amide bonds. The van der Waals surface area contributed by atoms with Crippen molar-refractivity contribution in [1.29, 1.82) is 0 Å². The van der Waals surface area contributed by atoms with Crippen LogP contribution < -0.4 is 0 Å². The Balaban J connectivity index is 2.30. The van der Waals surface area contributed by atoms with Crippen molar-refractivity contribution in [2.75, 3.05) is 0 Å². The first kappa shape index (κ1) is 20.0. The molecule has 2 aromatic rings. The lowest BCUT2D eigenvalue weighted by Crippen LogP contribution is -2.24. The van der Waals surface area contributed by atoms with Crippen LogP contribution in [0, 0.1) is 0 Å². The number of cyclic esters (lactones) is 2. The van der Waals surface area contributed by atoms with Gasteiger partial charge in [-0.15, -0.1) is 0 Å². The van der Waals surface area contributed by atoms with E-state index in [0.29, 0.717) is 11.1 Å². The van der Waals surface area contributed by atoms with Gasteiger partial charge in [0.05, 0.1) is 22.3 Å². The number of esters is 4. The van der Waals surface area contributed by atoms with Gasteiger partial charge in [-0.25, -0.2) is 19.2 Å². The van der Waals surface area contributed by atoms with Crippen molar-refractivity contribution in [3.63, 3.8) is 0 Å². The Hall–Kier alpha value is -3.28. The fourth-order valence-corrected chi connectivity index (χ4v) is 3.95. The maximum absolute atomic E-state index is 12.8. The standard InChI is InChI=1S/C24H22O6/c1-23(2,3)17-9-15-13-7-11(17)12-8-14(20(26)29-19(13)25)16(22(28)30-21(15)27)10-18(12)24(4,5)6/h7-10H,1-6H3. The topological polar surface area (TPSA) is 86.7 Å². The van der Waals surface area contributed by atoms with E-state index in [-0.39, 0.29) is 22.3 Å². The first-order chi connectivity index (χ1) is 13.8. The minimum atomic E-state index is -0.953. The van der Waals surface area contributed by atoms with Gasteiger partial charge in [0, 0.05) is 0 Å². The van der Waals surface area contributed by atoms with Gasteiger partial charge in [-0.1, -0.05) is 41.5 Å². The zero-order valence-electron chi connectivity index (χ0n) is 17.8. The highest BCUT2D eigenvalue weighted by Crippen LogP contribution is 2.43. The molecular weight excluding hydrogens is 384 g/mol. The monoisotopic (exact) mass is 406 g/mol. The van der Waals surface area contributed by atoms with Crippen LogP contribution in [0.25, 0.3) is 11.1 Å². The highest BCUT2D eigenvalue weighted by Gasteiger charge is 2.37. The summed E-state index contributed by atoms with van der Waals surface area (Å²) in [5.41, 5.74) is 1.80. The van der Waals surface area contributed by atoms with E-state index < -0.39 is 34.7 Å². The van der Waals surface area contributed by atoms with Gasteiger partial charge in [0.2, 0.25) is 0 Å². The summed E-state index contributed by atoms with van der Waals surface area (Å²) in [5.74, 6) is -3.81. The smallest absolute Gasteiger partial charge is 0.346 e. The molecule has 2 aliphatic heterocycles. The molecule has 2 aromatic carbocycles. The average molecular weight is 406 g/mol. The van der Waals surface area contributed by atoms with E-state index in [1.165, 1.54) is 0 Å². The molecule has 6 heteroatoms. The van der Waals surface area contributed by atoms with Gasteiger partial charge in [-0.05, 0) is 57.3 Å². The molecule has 154 valence electrons. The molecule has 0 saturated heterocycles. The molecule has 0 unspecified atom stereocenters. The Labute approximate surface area is 174 Å². The summed E-state index contributed by atoms with van der Waals surface area (Å²) in [5, 5.41) is 0. The number of hydrogen-bond acceptors (Lipinski definition) is 6. The van der Waals surface area contributed by atoms with Crippen molar-refractivity contribution >= 4 is 23.9 Å². The molecule has 0 aliphatic carbocycles. The quantitative estimate of drug-likeness (QED) is 0.470. The van der Waals surface area contributed by atoms with Crippen molar-refractivity contribution in [3.05, 3.63) is 57.6 Å². The highest BCUT2D eigenvalue weighted by molar-refractivity contribution is 6.17. The van der Waals surface area contributed by atoms with Gasteiger partial charge in [-0.2, -0.15) is 0 Å². The van der Waals surface area contributed by atoms with Crippen molar-refractivity contribution < 1.29 is 28.7 Å². The Kier molecular flexibility index (Phi) is 4.08. The van der Waals surface area contributed by atoms with E-state index in [9.17, 15) is 19.2 Å². The van der Waals surface area contributed by atoms with Crippen LogP contribution in [0.15, 0.2) is 24.3 Å². The first-order valence-electron chi connectivity index (χ1n) is 9.69. The fourth-order valence-electron chi connectivity index (χ4n) is 3.95. The van der Waals surface area contributed by atoms with E-state index in [2.05, 4.69) is 0 Å². The maximum atomic E-state index is 12.8. The van der Waals surface area contributed by atoms with Gasteiger partial charge >= 0.3 is 23.9 Å². The van der Waals surface area contributed by atoms with Crippen LogP contribution in [0.5, 0.6) is 0 Å². The number of carbonyl (C=O) groups excluding carboxylic acids is 4. The largest absolute Gasteiger partial charge is 0.386 e. The molecule has 2 heterocycles. The van der Waals surface area contributed by atoms with E-state index in [1.54, 1.807) is 24.3 Å². The lowest BCUT2D eigenvalue weighted by atomic mass is 9.75. The predicted molar refractivity (Wildman–Crippen MR) is 109 cm³/mol. The molecule has 6 nitrogen and oxygen atoms in total. The number of rotatable bonds is 0. The Morgan fingerprint density at radius 1 is 0.467 bits per heavy atom. The Morgan fingerprint density at radius 2 is 0.733 bits per heavy atom. The van der Waals surface area contributed by atoms with Gasteiger partial charge in [-0.3, -0.25) is 0 Å². The second-order valence-corrected chi connectivity index (χ2v) is 9.74. The summed E-state index contributed by atoms with van der Waals surface area (Å²) in [7, 11) is 0. The summed E-state index contributed by atoms with van der Waals surface area (Å²) in [6.45, 7) is 11.9. The molecule has 0 aromatic heterocycles. The molecule has 0 spiro atoms. The summed E-state index contributed by atoms with van der Waals surface area (Å²) in [4.78, 5) is 51.2. The average Bonchev–Trinajstić information content (AvgIpc) is 2.65. The number of carbonyl (C=O) groups is 4. The van der Waals surface area contributed by atoms with Gasteiger partial charge in [0.25, 0.3) is 0 Å². The van der Waals surface area contributed by atoms with E-state index in [4.69, 9.17) is 9.47 Å². The van der Waals surface area contributed by atoms with Gasteiger partial charge in [0.15, 0.2) is 0 Å². The van der Waals surface area contributed by atoms with Gasteiger partial charge < -0.3 is 9.47 Å². The highest BCUT2D eigenvalue weighted by atomic mass is 16.6. The lowest BCUT2D eigenvalue weighted by molar-refractivity contribution is 0.0334. The molecule has 0 radical (unpaired) electrons. The van der Waals surface area contributed by atoms with Crippen LogP contribution in [0.1, 0.15) is 94.1 Å². The van der Waals surface area contributed by atoms with E-state index in [0.717, 1.165) is 11.1 Å². The summed E-state index contributed by atoms with van der Waals surface area (Å²) in [6.07, 6.45) is 0. The molecule has 30 heavy (non-hydrogen) atoms. The third-order valence-electron chi connectivity index (χ3n) is 5.47. The van der Waals surface area contributed by atoms with Crippen LogP contribution in [-0.2, 0) is 20.3 Å². The molecule has 0 N–H and O–H groups in total. The van der Waals surface area contributed by atoms with Crippen LogP contribution in [0.2, 0.25) is 0 Å². The molecule has 0 fully saturated rings. The summed E-state index contributed by atoms with van der Waals surface area (Å²) in [6, 6.07) is 6.28. The van der Waals surface area contributed by atoms with Crippen molar-refractivity contribution in [1.82, 2.24) is 0 Å². The van der Waals surface area contributed by atoms with Crippen molar-refractivity contribution in [2.24, 2.45) is 0 Å². The molecule has 4 rings (SSSR count). The molecule has 0 saturated carbocycles. The maximum Gasteiger partial charge on any atom is 0.346 e. The van der Waals surface area contributed by atoms with Crippen molar-refractivity contribution in [3.8, 4) is 11.1 Å². The molecule has 2 aliphatic rings. The molecule has 4 bridgehead atoms. The third kappa shape index (κ3) is 2.95. The predicted octanol–water partition coefficient (Wildman–Crippen LogP) is 4.57. The molecule has 0 atom stereocenters. The number of fused-ring (bicyclic) bond motifs is 5. The number of ether oxygens (including phenoxy) is 2. The van der Waals surface area contributed by atoms with Crippen LogP contribution in [-0.4, -0.2) is 23.9 Å². The normalized spacial score (nSPS) is 15.8. The SMILES string of the molecule is CC(C)(C)c1cc2c3cc1-c1cc(c(cc1C(C)(C)C)C(=O)OC2=O)C(=O)OC3=O. The fraction of sp³-hybridized carbons (Fsp3) is 0.333. The van der Waals surface area contributed by atoms with E-state index >= 15 is 0 Å². The second-order valence-electron chi connectivity index (χ2n) is 9.74. The van der Waals surface area contributed by atoms with Crippen LogP contribution >= 0.6 is 0 Å². The number of hydrogen-bond donors (Lipinski definition) is 0. The Bertz CT molecular complexity index is 1080. The summed E-state index contributed by atoms with van der Waals surface area (Å²) < 4.78 is 10.1. The van der Waals surface area contributed by atoms with Gasteiger partial charge in [0.1, 0.15) is 0 Å². The Morgan fingerprint density at radius 3 is 1.00 bits per heavy atom. The van der Waals surface area contributed by atoms with Crippen LogP contribution in [0.3, 0.4) is 0 Å². The zero-order chi connectivity index (χ0) is 22.2. The number of benzene rings is 2. The lowest BCUT2D eigenvalue weighted by Gasteiger charge is -2.28. The minimum Gasteiger partial charge on any atom is -0.386 e. The minimum absolute atomic E-state index is 0.0990. The second kappa shape index (κ2) is 6.11. The summed E-state index contributed by atoms with van der Waals surface area (Å²) >= 11 is 0. The van der Waals surface area contributed by atoms with Crippen molar-refractivity contribution in [2.45, 2.75) is 52.4 Å². The van der Waals surface area contributed by atoms with E-state index in [1.807, 2.05) is 41.5 Å².